The van der Waals surface area contributed by atoms with Crippen molar-refractivity contribution in [3.8, 4) is 0 Å². The largest absolute Gasteiger partial charge is 0.378 e. The molecule has 2 aromatic rings. The molecule has 31 heavy (non-hydrogen) atoms. The summed E-state index contributed by atoms with van der Waals surface area (Å²) in [5, 5.41) is 1.76. The second kappa shape index (κ2) is 9.68. The first-order chi connectivity index (χ1) is 14.9. The zero-order valence-electron chi connectivity index (χ0n) is 17.8. The quantitative estimate of drug-likeness (QED) is 0.659. The zero-order chi connectivity index (χ0) is 21.8. The summed E-state index contributed by atoms with van der Waals surface area (Å²) in [4.78, 5) is 17.1. The van der Waals surface area contributed by atoms with E-state index in [1.165, 1.54) is 21.3 Å². The van der Waals surface area contributed by atoms with Crippen LogP contribution in [0.2, 0.25) is 0 Å². The number of nitrogens with zero attached hydrogens (tertiary/aromatic N) is 3. The van der Waals surface area contributed by atoms with Crippen molar-refractivity contribution >= 4 is 33.0 Å². The van der Waals surface area contributed by atoms with E-state index in [0.29, 0.717) is 23.7 Å². The Morgan fingerprint density at radius 2 is 1.90 bits per heavy atom. The van der Waals surface area contributed by atoms with E-state index in [4.69, 9.17) is 4.74 Å². The highest BCUT2D eigenvalue weighted by Crippen LogP contribution is 2.27. The number of ether oxygens (including phenoxy) is 1. The highest BCUT2D eigenvalue weighted by molar-refractivity contribution is 7.91. The molecule has 1 unspecified atom stereocenters. The second-order valence-corrected chi connectivity index (χ2v) is 11.2. The lowest BCUT2D eigenvalue weighted by Gasteiger charge is -2.33. The number of hydrogen-bond donors (Lipinski definition) is 0. The Morgan fingerprint density at radius 3 is 2.58 bits per heavy atom. The van der Waals surface area contributed by atoms with Gasteiger partial charge in [0.25, 0.3) is 10.0 Å². The number of carbonyl (C=O) groups is 1. The number of sulfonamides is 1. The lowest BCUT2D eigenvalue weighted by molar-refractivity contribution is -0.135. The molecule has 1 amide bonds. The molecular formula is C22H29N3O4S2. The summed E-state index contributed by atoms with van der Waals surface area (Å²) in [6.07, 6.45) is 1.42. The topological polar surface area (TPSA) is 70.2 Å². The average Bonchev–Trinajstić information content (AvgIpc) is 3.36. The molecule has 0 spiro atoms. The zero-order valence-corrected chi connectivity index (χ0v) is 19.4. The van der Waals surface area contributed by atoms with Crippen LogP contribution in [-0.2, 0) is 26.1 Å². The van der Waals surface area contributed by atoms with E-state index in [1.807, 2.05) is 0 Å². The third-order valence-electron chi connectivity index (χ3n) is 5.93. The Kier molecular flexibility index (Phi) is 6.95. The maximum Gasteiger partial charge on any atom is 0.252 e. The highest BCUT2D eigenvalue weighted by atomic mass is 32.2. The molecule has 0 saturated carbocycles. The van der Waals surface area contributed by atoms with E-state index >= 15 is 0 Å². The van der Waals surface area contributed by atoms with Gasteiger partial charge in [-0.3, -0.25) is 4.79 Å². The number of thiophene rings is 1. The molecule has 2 aliphatic rings. The van der Waals surface area contributed by atoms with Crippen molar-refractivity contribution in [2.45, 2.75) is 23.6 Å². The lowest BCUT2D eigenvalue weighted by atomic mass is 9.98. The van der Waals surface area contributed by atoms with Gasteiger partial charge in [-0.05, 0) is 42.0 Å². The lowest BCUT2D eigenvalue weighted by Crippen LogP contribution is -2.45. The first-order valence-corrected chi connectivity index (χ1v) is 13.0. The van der Waals surface area contributed by atoms with Crippen LogP contribution in [0.15, 0.2) is 46.0 Å². The maximum absolute atomic E-state index is 13.1. The van der Waals surface area contributed by atoms with Crippen molar-refractivity contribution in [2.24, 2.45) is 5.92 Å². The Hall–Kier alpha value is -1.94. The van der Waals surface area contributed by atoms with E-state index in [2.05, 4.69) is 29.2 Å². The van der Waals surface area contributed by atoms with Crippen molar-refractivity contribution < 1.29 is 17.9 Å². The van der Waals surface area contributed by atoms with Crippen LogP contribution in [0.1, 0.15) is 18.4 Å². The van der Waals surface area contributed by atoms with Gasteiger partial charge in [0.1, 0.15) is 4.21 Å². The Bertz CT molecular complexity index is 971. The van der Waals surface area contributed by atoms with Crippen molar-refractivity contribution in [3.05, 3.63) is 47.3 Å². The van der Waals surface area contributed by atoms with Crippen molar-refractivity contribution in [1.29, 1.82) is 0 Å². The third-order valence-corrected chi connectivity index (χ3v) is 9.17. The van der Waals surface area contributed by atoms with Gasteiger partial charge in [0.15, 0.2) is 0 Å². The number of anilines is 1. The van der Waals surface area contributed by atoms with Crippen molar-refractivity contribution in [2.75, 3.05) is 51.3 Å². The summed E-state index contributed by atoms with van der Waals surface area (Å²) in [7, 11) is -1.72. The molecule has 9 heteroatoms. The molecule has 1 atom stereocenters. The fraction of sp³-hybridized carbons (Fsp3) is 0.500. The number of morpholine rings is 1. The number of benzene rings is 1. The Morgan fingerprint density at radius 1 is 1.16 bits per heavy atom. The summed E-state index contributed by atoms with van der Waals surface area (Å²) < 4.78 is 32.9. The molecule has 0 aliphatic carbocycles. The van der Waals surface area contributed by atoms with E-state index < -0.39 is 10.0 Å². The van der Waals surface area contributed by atoms with Gasteiger partial charge in [-0.1, -0.05) is 18.2 Å². The second-order valence-electron chi connectivity index (χ2n) is 8.09. The standard InChI is InChI=1S/C22H29N3O4S2/c1-23(16-18-6-8-20(9-7-18)24-11-13-29-14-12-24)22(26)19-4-2-10-25(17-19)31(27,28)21-5-3-15-30-21/h3,5-9,15,19H,2,4,10-14,16-17H2,1H3. The first-order valence-electron chi connectivity index (χ1n) is 10.7. The Labute approximate surface area is 188 Å². The van der Waals surface area contributed by atoms with E-state index in [9.17, 15) is 13.2 Å². The fourth-order valence-corrected chi connectivity index (χ4v) is 6.87. The van der Waals surface area contributed by atoms with Gasteiger partial charge >= 0.3 is 0 Å². The van der Waals surface area contributed by atoms with Gasteiger partial charge < -0.3 is 14.5 Å². The summed E-state index contributed by atoms with van der Waals surface area (Å²) in [5.41, 5.74) is 2.23. The number of hydrogen-bond acceptors (Lipinski definition) is 6. The van der Waals surface area contributed by atoms with Crippen molar-refractivity contribution in [3.63, 3.8) is 0 Å². The summed E-state index contributed by atoms with van der Waals surface area (Å²) in [6.45, 7) is 4.51. The molecule has 3 heterocycles. The van der Waals surface area contributed by atoms with Crippen LogP contribution in [0.4, 0.5) is 5.69 Å². The smallest absolute Gasteiger partial charge is 0.252 e. The molecule has 2 aliphatic heterocycles. The van der Waals surface area contributed by atoms with Crippen LogP contribution < -0.4 is 4.90 Å². The van der Waals surface area contributed by atoms with E-state index in [0.717, 1.165) is 38.3 Å². The number of rotatable bonds is 6. The molecule has 0 radical (unpaired) electrons. The normalized spacial score (nSPS) is 20.5. The number of amides is 1. The van der Waals surface area contributed by atoms with Crippen LogP contribution in [0, 0.1) is 5.92 Å². The van der Waals surface area contributed by atoms with Gasteiger partial charge in [-0.25, -0.2) is 8.42 Å². The molecular weight excluding hydrogens is 434 g/mol. The third kappa shape index (κ3) is 5.11. The highest BCUT2D eigenvalue weighted by Gasteiger charge is 2.34. The molecule has 1 aromatic carbocycles. The Balaban J connectivity index is 1.36. The molecule has 4 rings (SSSR count). The van der Waals surface area contributed by atoms with E-state index in [1.54, 1.807) is 29.5 Å². The van der Waals surface area contributed by atoms with Crippen LogP contribution in [0.3, 0.4) is 0 Å². The number of piperidine rings is 1. The minimum absolute atomic E-state index is 0.00309. The van der Waals surface area contributed by atoms with Gasteiger partial charge in [0, 0.05) is 45.5 Å². The van der Waals surface area contributed by atoms with Crippen LogP contribution in [0.25, 0.3) is 0 Å². The van der Waals surface area contributed by atoms with E-state index in [-0.39, 0.29) is 18.4 Å². The van der Waals surface area contributed by atoms with Crippen LogP contribution >= 0.6 is 11.3 Å². The SMILES string of the molecule is CN(Cc1ccc(N2CCOCC2)cc1)C(=O)C1CCCN(S(=O)(=O)c2cccs2)C1. The minimum atomic E-state index is -3.52. The summed E-state index contributed by atoms with van der Waals surface area (Å²) >= 11 is 1.22. The summed E-state index contributed by atoms with van der Waals surface area (Å²) in [5.74, 6) is -0.301. The molecule has 1 aromatic heterocycles. The average molecular weight is 464 g/mol. The molecule has 0 bridgehead atoms. The molecule has 2 saturated heterocycles. The maximum atomic E-state index is 13.1. The molecule has 168 valence electrons. The fourth-order valence-electron chi connectivity index (χ4n) is 4.20. The van der Waals surface area contributed by atoms with Gasteiger partial charge in [-0.2, -0.15) is 4.31 Å². The van der Waals surface area contributed by atoms with Crippen LogP contribution in [-0.4, -0.2) is 70.0 Å². The van der Waals surface area contributed by atoms with Crippen LogP contribution in [0.5, 0.6) is 0 Å². The minimum Gasteiger partial charge on any atom is -0.378 e. The predicted octanol–water partition coefficient (Wildman–Crippen LogP) is 2.64. The molecule has 7 nitrogen and oxygen atoms in total. The van der Waals surface area contributed by atoms with Gasteiger partial charge in [0.05, 0.1) is 19.1 Å². The first kappa shape index (κ1) is 22.3. The monoisotopic (exact) mass is 463 g/mol. The molecule has 0 N–H and O–H groups in total. The predicted molar refractivity (Wildman–Crippen MR) is 122 cm³/mol. The summed E-state index contributed by atoms with van der Waals surface area (Å²) in [6, 6.07) is 11.7. The molecule has 2 fully saturated rings. The van der Waals surface area contributed by atoms with Gasteiger partial charge in [-0.15, -0.1) is 11.3 Å². The number of carbonyl (C=O) groups excluding carboxylic acids is 1. The van der Waals surface area contributed by atoms with Gasteiger partial charge in [0.2, 0.25) is 5.91 Å². The van der Waals surface area contributed by atoms with Crippen molar-refractivity contribution in [1.82, 2.24) is 9.21 Å².